The first-order chi connectivity index (χ1) is 14.2. The van der Waals surface area contributed by atoms with E-state index in [4.69, 9.17) is 15.2 Å². The second kappa shape index (κ2) is 16.2. The van der Waals surface area contributed by atoms with Gasteiger partial charge < -0.3 is 30.2 Å². The van der Waals surface area contributed by atoms with Crippen molar-refractivity contribution in [1.29, 1.82) is 0 Å². The van der Waals surface area contributed by atoms with E-state index in [1.54, 1.807) is 6.07 Å². The molecule has 2 unspecified atom stereocenters. The van der Waals surface area contributed by atoms with Gasteiger partial charge in [-0.2, -0.15) is 0 Å². The smallest absolute Gasteiger partial charge is 0.326 e. The van der Waals surface area contributed by atoms with E-state index in [9.17, 15) is 24.6 Å². The van der Waals surface area contributed by atoms with Crippen LogP contribution in [0.4, 0.5) is 0 Å². The highest BCUT2D eigenvalue weighted by Gasteiger charge is 2.20. The van der Waals surface area contributed by atoms with Gasteiger partial charge in [0.05, 0.1) is 0 Å². The van der Waals surface area contributed by atoms with Crippen LogP contribution in [0.25, 0.3) is 0 Å². The van der Waals surface area contributed by atoms with Crippen LogP contribution in [0.15, 0.2) is 18.2 Å². The quantitative estimate of drug-likeness (QED) is 0.152. The third-order valence-electron chi connectivity index (χ3n) is 4.03. The first-order valence-corrected chi connectivity index (χ1v) is 10.3. The molecule has 0 spiro atoms. The molecule has 8 nitrogen and oxygen atoms in total. The fourth-order valence-electron chi connectivity index (χ4n) is 2.43. The van der Waals surface area contributed by atoms with Gasteiger partial charge >= 0.3 is 11.9 Å². The molecule has 0 saturated carbocycles. The van der Waals surface area contributed by atoms with Gasteiger partial charge in [-0.25, -0.2) is 0 Å². The van der Waals surface area contributed by atoms with Gasteiger partial charge in [0.15, 0.2) is 11.5 Å². The Kier molecular flexibility index (Phi) is 14.8. The van der Waals surface area contributed by atoms with Crippen molar-refractivity contribution in [1.82, 2.24) is 0 Å². The standard InChI is InChI=1S/C19H29NO6.C3H6O/c1-3-4-5-6-7-8-18(23)25-13(2)26-19(24)15(20)11-14-9-10-16(21)17(22)12-14;1-2-3-4/h9-10,12-13,15,21-22H,3-8,11,20H2,1-2H3;3H,2H2,1H3. The number of phenolic OH excluding ortho intramolecular Hbond substituents is 2. The number of rotatable bonds is 12. The Morgan fingerprint density at radius 1 is 1.07 bits per heavy atom. The summed E-state index contributed by atoms with van der Waals surface area (Å²) >= 11 is 0. The van der Waals surface area contributed by atoms with Crippen LogP contribution in [0.1, 0.15) is 71.3 Å². The van der Waals surface area contributed by atoms with Gasteiger partial charge in [-0.15, -0.1) is 0 Å². The van der Waals surface area contributed by atoms with E-state index in [1.165, 1.54) is 19.1 Å². The van der Waals surface area contributed by atoms with Crippen molar-refractivity contribution in [3.05, 3.63) is 23.8 Å². The van der Waals surface area contributed by atoms with Crippen LogP contribution in [0.2, 0.25) is 0 Å². The van der Waals surface area contributed by atoms with Crippen LogP contribution in [-0.4, -0.2) is 40.8 Å². The molecule has 0 radical (unpaired) electrons. The minimum absolute atomic E-state index is 0.116. The minimum atomic E-state index is -1.01. The van der Waals surface area contributed by atoms with Crippen molar-refractivity contribution < 1.29 is 34.1 Å². The van der Waals surface area contributed by atoms with E-state index in [0.717, 1.165) is 38.4 Å². The Hall–Kier alpha value is -2.61. The van der Waals surface area contributed by atoms with E-state index >= 15 is 0 Å². The summed E-state index contributed by atoms with van der Waals surface area (Å²) in [6.07, 6.45) is 6.03. The van der Waals surface area contributed by atoms with E-state index in [-0.39, 0.29) is 17.9 Å². The summed E-state index contributed by atoms with van der Waals surface area (Å²) in [6, 6.07) is 3.21. The minimum Gasteiger partial charge on any atom is -0.504 e. The number of esters is 2. The molecule has 1 rings (SSSR count). The van der Waals surface area contributed by atoms with Gasteiger partial charge in [0.1, 0.15) is 12.3 Å². The van der Waals surface area contributed by atoms with Crippen molar-refractivity contribution in [2.45, 2.75) is 84.5 Å². The van der Waals surface area contributed by atoms with Gasteiger partial charge in [-0.05, 0) is 30.5 Å². The van der Waals surface area contributed by atoms with E-state index in [0.29, 0.717) is 18.4 Å². The molecule has 0 fully saturated rings. The zero-order chi connectivity index (χ0) is 22.9. The maximum atomic E-state index is 12.0. The first-order valence-electron chi connectivity index (χ1n) is 10.3. The fourth-order valence-corrected chi connectivity index (χ4v) is 2.43. The lowest BCUT2D eigenvalue weighted by Crippen LogP contribution is -2.37. The zero-order valence-corrected chi connectivity index (χ0v) is 18.1. The molecule has 0 bridgehead atoms. The predicted molar refractivity (Wildman–Crippen MR) is 113 cm³/mol. The van der Waals surface area contributed by atoms with Crippen molar-refractivity contribution in [3.63, 3.8) is 0 Å². The molecule has 1 aromatic carbocycles. The largest absolute Gasteiger partial charge is 0.504 e. The molecule has 30 heavy (non-hydrogen) atoms. The topological polar surface area (TPSA) is 136 Å². The van der Waals surface area contributed by atoms with Crippen LogP contribution < -0.4 is 5.73 Å². The van der Waals surface area contributed by atoms with Gasteiger partial charge in [-0.3, -0.25) is 9.59 Å². The number of hydrogen-bond donors (Lipinski definition) is 3. The number of carbonyl (C=O) groups is 3. The number of aldehydes is 1. The average molecular weight is 426 g/mol. The lowest BCUT2D eigenvalue weighted by molar-refractivity contribution is -0.185. The molecule has 0 aromatic heterocycles. The Morgan fingerprint density at radius 3 is 2.27 bits per heavy atom. The summed E-state index contributed by atoms with van der Waals surface area (Å²) in [5.74, 6) is -1.65. The number of unbranched alkanes of at least 4 members (excludes halogenated alkanes) is 4. The van der Waals surface area contributed by atoms with Crippen molar-refractivity contribution >= 4 is 18.2 Å². The third-order valence-corrected chi connectivity index (χ3v) is 4.03. The van der Waals surface area contributed by atoms with Crippen LogP contribution in [0, 0.1) is 0 Å². The van der Waals surface area contributed by atoms with Gasteiger partial charge in [-0.1, -0.05) is 45.6 Å². The summed E-state index contributed by atoms with van der Waals surface area (Å²) in [5, 5.41) is 18.7. The molecule has 0 aliphatic carbocycles. The van der Waals surface area contributed by atoms with Crippen molar-refractivity contribution in [3.8, 4) is 11.5 Å². The third kappa shape index (κ3) is 12.8. The van der Waals surface area contributed by atoms with Gasteiger partial charge in [0.2, 0.25) is 6.29 Å². The average Bonchev–Trinajstić information content (AvgIpc) is 2.70. The summed E-state index contributed by atoms with van der Waals surface area (Å²) in [6.45, 7) is 5.40. The molecular weight excluding hydrogens is 390 g/mol. The number of phenols is 2. The normalized spacial score (nSPS) is 12.1. The Bertz CT molecular complexity index is 648. The summed E-state index contributed by atoms with van der Waals surface area (Å²) in [5.41, 5.74) is 6.35. The van der Waals surface area contributed by atoms with E-state index in [2.05, 4.69) is 6.92 Å². The number of benzene rings is 1. The monoisotopic (exact) mass is 425 g/mol. The molecule has 8 heteroatoms. The lowest BCUT2D eigenvalue weighted by atomic mass is 10.1. The fraction of sp³-hybridized carbons (Fsp3) is 0.591. The Morgan fingerprint density at radius 2 is 1.70 bits per heavy atom. The number of nitrogens with two attached hydrogens (primary N) is 1. The molecule has 2 atom stereocenters. The highest BCUT2D eigenvalue weighted by molar-refractivity contribution is 5.76. The molecule has 0 heterocycles. The van der Waals surface area contributed by atoms with Gasteiger partial charge in [0.25, 0.3) is 0 Å². The summed E-state index contributed by atoms with van der Waals surface area (Å²) < 4.78 is 10.1. The van der Waals surface area contributed by atoms with Crippen molar-refractivity contribution in [2.75, 3.05) is 0 Å². The van der Waals surface area contributed by atoms with E-state index in [1.807, 2.05) is 6.92 Å². The number of carbonyl (C=O) groups excluding carboxylic acids is 3. The molecule has 170 valence electrons. The summed E-state index contributed by atoms with van der Waals surface area (Å²) in [7, 11) is 0. The predicted octanol–water partition coefficient (Wildman–Crippen LogP) is 3.36. The molecule has 1 aromatic rings. The van der Waals surface area contributed by atoms with Crippen LogP contribution in [0.5, 0.6) is 11.5 Å². The van der Waals surface area contributed by atoms with E-state index < -0.39 is 24.3 Å². The molecule has 0 saturated heterocycles. The SMILES string of the molecule is CCC=O.CCCCCCCC(=O)OC(C)OC(=O)C(N)Cc1ccc(O)c(O)c1. The highest BCUT2D eigenvalue weighted by Crippen LogP contribution is 2.25. The lowest BCUT2D eigenvalue weighted by Gasteiger charge is -2.17. The molecular formula is C22H35NO7. The first kappa shape index (κ1) is 27.4. The molecule has 0 aliphatic rings. The highest BCUT2D eigenvalue weighted by atomic mass is 16.7. The number of ether oxygens (including phenoxy) is 2. The second-order valence-corrected chi connectivity index (χ2v) is 6.87. The molecule has 0 aliphatic heterocycles. The van der Waals surface area contributed by atoms with Crippen LogP contribution >= 0.6 is 0 Å². The Balaban J connectivity index is 0.00000192. The maximum absolute atomic E-state index is 12.0. The molecule has 0 amide bonds. The van der Waals surface area contributed by atoms with Gasteiger partial charge in [0, 0.05) is 19.8 Å². The Labute approximate surface area is 178 Å². The zero-order valence-electron chi connectivity index (χ0n) is 18.1. The van der Waals surface area contributed by atoms with Crippen molar-refractivity contribution in [2.24, 2.45) is 5.73 Å². The van der Waals surface area contributed by atoms with Crippen LogP contribution in [-0.2, 0) is 30.3 Å². The molecule has 4 N–H and O–H groups in total. The number of hydrogen-bond acceptors (Lipinski definition) is 8. The van der Waals surface area contributed by atoms with Crippen LogP contribution in [0.3, 0.4) is 0 Å². The number of aromatic hydroxyl groups is 2. The second-order valence-electron chi connectivity index (χ2n) is 6.87. The maximum Gasteiger partial charge on any atom is 0.326 e. The summed E-state index contributed by atoms with van der Waals surface area (Å²) in [4.78, 5) is 32.8.